The highest BCUT2D eigenvalue weighted by molar-refractivity contribution is 7.13. The summed E-state index contributed by atoms with van der Waals surface area (Å²) < 4.78 is 5.40. The molecule has 1 aliphatic rings. The van der Waals surface area contributed by atoms with E-state index in [4.69, 9.17) is 11.2 Å². The van der Waals surface area contributed by atoms with Crippen LogP contribution >= 0.6 is 11.3 Å². The molecule has 0 atom stereocenters. The van der Waals surface area contributed by atoms with Crippen LogP contribution in [0.4, 0.5) is 0 Å². The summed E-state index contributed by atoms with van der Waals surface area (Å²) in [7, 11) is 0. The zero-order valence-corrected chi connectivity index (χ0v) is 14.3. The maximum Gasteiger partial charge on any atom is 0.273 e. The number of rotatable bonds is 5. The molecular weight excluding hydrogens is 320 g/mol. The first kappa shape index (κ1) is 16.7. The average Bonchev–Trinajstić information content (AvgIpc) is 3.13. The fraction of sp³-hybridized carbons (Fsp3) is 0.368. The number of likely N-dealkylation sites (tertiary alicyclic amines) is 1. The third kappa shape index (κ3) is 4.02. The fourth-order valence-electron chi connectivity index (χ4n) is 2.83. The molecule has 2 aromatic rings. The van der Waals surface area contributed by atoms with Gasteiger partial charge in [-0.3, -0.25) is 4.79 Å². The number of amides is 1. The molecule has 2 heterocycles. The van der Waals surface area contributed by atoms with E-state index in [9.17, 15) is 4.79 Å². The Balaban J connectivity index is 1.56. The average molecular weight is 340 g/mol. The molecule has 1 aromatic heterocycles. The molecule has 24 heavy (non-hydrogen) atoms. The third-order valence-corrected chi connectivity index (χ3v) is 5.08. The second-order valence-electron chi connectivity index (χ2n) is 5.86. The first-order valence-corrected chi connectivity index (χ1v) is 8.97. The molecule has 1 aromatic carbocycles. The van der Waals surface area contributed by atoms with E-state index in [1.54, 1.807) is 0 Å². The van der Waals surface area contributed by atoms with Crippen molar-refractivity contribution in [2.24, 2.45) is 5.92 Å². The molecule has 4 nitrogen and oxygen atoms in total. The standard InChI is InChI=1S/C19H20N2O2S/c1-2-12-23-13-15-8-10-21(11-9-15)19(22)17-14-24-18(20-17)16-6-4-3-5-7-16/h1,3-7,14-15H,8-13H2. The first-order valence-electron chi connectivity index (χ1n) is 8.09. The molecule has 1 fully saturated rings. The molecule has 0 aliphatic carbocycles. The molecule has 5 heteroatoms. The van der Waals surface area contributed by atoms with Crippen molar-refractivity contribution in [3.05, 3.63) is 41.4 Å². The largest absolute Gasteiger partial charge is 0.369 e. The minimum Gasteiger partial charge on any atom is -0.369 e. The molecule has 3 rings (SSSR count). The Bertz CT molecular complexity index is 712. The minimum absolute atomic E-state index is 0.0245. The van der Waals surface area contributed by atoms with Crippen LogP contribution in [-0.2, 0) is 4.74 Å². The van der Waals surface area contributed by atoms with Gasteiger partial charge in [0.05, 0.1) is 6.61 Å². The second kappa shape index (κ2) is 8.09. The molecule has 1 amide bonds. The molecule has 0 spiro atoms. The molecule has 0 unspecified atom stereocenters. The summed E-state index contributed by atoms with van der Waals surface area (Å²) >= 11 is 1.51. The number of carbonyl (C=O) groups is 1. The monoisotopic (exact) mass is 340 g/mol. The number of piperidine rings is 1. The van der Waals surface area contributed by atoms with Gasteiger partial charge < -0.3 is 9.64 Å². The van der Waals surface area contributed by atoms with Crippen LogP contribution < -0.4 is 0 Å². The number of benzene rings is 1. The summed E-state index contributed by atoms with van der Waals surface area (Å²) in [6.07, 6.45) is 7.08. The summed E-state index contributed by atoms with van der Waals surface area (Å²) in [6.45, 7) is 2.55. The highest BCUT2D eigenvalue weighted by atomic mass is 32.1. The smallest absolute Gasteiger partial charge is 0.273 e. The zero-order chi connectivity index (χ0) is 16.8. The van der Waals surface area contributed by atoms with Crippen LogP contribution in [-0.4, -0.2) is 42.1 Å². The van der Waals surface area contributed by atoms with Crippen LogP contribution in [0.5, 0.6) is 0 Å². The zero-order valence-electron chi connectivity index (χ0n) is 13.5. The van der Waals surface area contributed by atoms with Gasteiger partial charge in [-0.15, -0.1) is 17.8 Å². The summed E-state index contributed by atoms with van der Waals surface area (Å²) in [6, 6.07) is 9.95. The number of hydrogen-bond donors (Lipinski definition) is 0. The lowest BCUT2D eigenvalue weighted by Gasteiger charge is -2.31. The summed E-state index contributed by atoms with van der Waals surface area (Å²) in [5.74, 6) is 2.99. The predicted molar refractivity (Wildman–Crippen MR) is 95.8 cm³/mol. The second-order valence-corrected chi connectivity index (χ2v) is 6.72. The van der Waals surface area contributed by atoms with Crippen molar-refractivity contribution in [1.82, 2.24) is 9.88 Å². The van der Waals surface area contributed by atoms with E-state index in [0.717, 1.165) is 36.5 Å². The van der Waals surface area contributed by atoms with Crippen molar-refractivity contribution in [3.63, 3.8) is 0 Å². The summed E-state index contributed by atoms with van der Waals surface area (Å²) in [4.78, 5) is 19.0. The summed E-state index contributed by atoms with van der Waals surface area (Å²) in [5, 5.41) is 2.74. The number of terminal acetylenes is 1. The van der Waals surface area contributed by atoms with Crippen LogP contribution in [0.3, 0.4) is 0 Å². The number of hydrogen-bond acceptors (Lipinski definition) is 4. The number of nitrogens with zero attached hydrogens (tertiary/aromatic N) is 2. The van der Waals surface area contributed by atoms with E-state index in [0.29, 0.717) is 24.8 Å². The van der Waals surface area contributed by atoms with Gasteiger partial charge in [0.1, 0.15) is 17.3 Å². The van der Waals surface area contributed by atoms with E-state index in [1.807, 2.05) is 40.6 Å². The minimum atomic E-state index is 0.0245. The van der Waals surface area contributed by atoms with Crippen LogP contribution in [0, 0.1) is 18.3 Å². The fourth-order valence-corrected chi connectivity index (χ4v) is 3.63. The van der Waals surface area contributed by atoms with E-state index >= 15 is 0 Å². The van der Waals surface area contributed by atoms with E-state index in [-0.39, 0.29) is 5.91 Å². The lowest BCUT2D eigenvalue weighted by Crippen LogP contribution is -2.39. The molecule has 124 valence electrons. The van der Waals surface area contributed by atoms with E-state index < -0.39 is 0 Å². The van der Waals surface area contributed by atoms with Gasteiger partial charge in [0.15, 0.2) is 0 Å². The van der Waals surface area contributed by atoms with Crippen molar-refractivity contribution in [2.45, 2.75) is 12.8 Å². The van der Waals surface area contributed by atoms with Crippen molar-refractivity contribution in [1.29, 1.82) is 0 Å². The molecule has 0 N–H and O–H groups in total. The SMILES string of the molecule is C#CCOCC1CCN(C(=O)c2csc(-c3ccccc3)n2)CC1. The van der Waals surface area contributed by atoms with Gasteiger partial charge >= 0.3 is 0 Å². The maximum absolute atomic E-state index is 12.6. The topological polar surface area (TPSA) is 42.4 Å². The molecule has 0 bridgehead atoms. The van der Waals surface area contributed by atoms with Crippen LogP contribution in [0.15, 0.2) is 35.7 Å². The normalized spacial score (nSPS) is 15.2. The van der Waals surface area contributed by atoms with Gasteiger partial charge in [-0.05, 0) is 18.8 Å². The van der Waals surface area contributed by atoms with Crippen molar-refractivity contribution in [2.75, 3.05) is 26.3 Å². The Morgan fingerprint density at radius 1 is 1.33 bits per heavy atom. The van der Waals surface area contributed by atoms with E-state index in [1.165, 1.54) is 11.3 Å². The van der Waals surface area contributed by atoms with Gasteiger partial charge in [0.25, 0.3) is 5.91 Å². The number of aromatic nitrogens is 1. The van der Waals surface area contributed by atoms with Gasteiger partial charge in [0, 0.05) is 24.0 Å². The Morgan fingerprint density at radius 3 is 2.79 bits per heavy atom. The number of carbonyl (C=O) groups excluding carboxylic acids is 1. The highest BCUT2D eigenvalue weighted by Crippen LogP contribution is 2.25. The molecule has 0 radical (unpaired) electrons. The van der Waals surface area contributed by atoms with Crippen molar-refractivity contribution < 1.29 is 9.53 Å². The molecule has 1 saturated heterocycles. The maximum atomic E-state index is 12.6. The Labute approximate surface area is 146 Å². The summed E-state index contributed by atoms with van der Waals surface area (Å²) in [5.41, 5.74) is 1.59. The van der Waals surface area contributed by atoms with Crippen molar-refractivity contribution in [3.8, 4) is 22.9 Å². The Kier molecular flexibility index (Phi) is 5.63. The first-order chi connectivity index (χ1) is 11.8. The number of ether oxygens (including phenoxy) is 1. The van der Waals surface area contributed by atoms with Gasteiger partial charge in [-0.1, -0.05) is 36.3 Å². The van der Waals surface area contributed by atoms with Gasteiger partial charge in [-0.25, -0.2) is 4.98 Å². The highest BCUT2D eigenvalue weighted by Gasteiger charge is 2.25. The number of thiazole rings is 1. The molecule has 1 aliphatic heterocycles. The van der Waals surface area contributed by atoms with Crippen LogP contribution in [0.25, 0.3) is 10.6 Å². The van der Waals surface area contributed by atoms with Crippen LogP contribution in [0.1, 0.15) is 23.3 Å². The third-order valence-electron chi connectivity index (χ3n) is 4.18. The Hall–Kier alpha value is -2.16. The van der Waals surface area contributed by atoms with Crippen LogP contribution in [0.2, 0.25) is 0 Å². The lowest BCUT2D eigenvalue weighted by molar-refractivity contribution is 0.0578. The lowest BCUT2D eigenvalue weighted by atomic mass is 9.97. The Morgan fingerprint density at radius 2 is 2.08 bits per heavy atom. The molecular formula is C19H20N2O2S. The van der Waals surface area contributed by atoms with Gasteiger partial charge in [0.2, 0.25) is 0 Å². The van der Waals surface area contributed by atoms with E-state index in [2.05, 4.69) is 10.9 Å². The van der Waals surface area contributed by atoms with Gasteiger partial charge in [-0.2, -0.15) is 0 Å². The van der Waals surface area contributed by atoms with Crippen molar-refractivity contribution >= 4 is 17.2 Å². The quantitative estimate of drug-likeness (QED) is 0.619. The predicted octanol–water partition coefficient (Wildman–Crippen LogP) is 3.31. The molecule has 0 saturated carbocycles.